The van der Waals surface area contributed by atoms with Crippen molar-refractivity contribution in [3.8, 4) is 5.75 Å². The van der Waals surface area contributed by atoms with Gasteiger partial charge in [-0.05, 0) is 42.8 Å². The molecule has 8 nitrogen and oxygen atoms in total. The van der Waals surface area contributed by atoms with Gasteiger partial charge in [-0.1, -0.05) is 23.7 Å². The van der Waals surface area contributed by atoms with Crippen molar-refractivity contribution in [2.24, 2.45) is 0 Å². The maximum Gasteiger partial charge on any atom is 0.260 e. The van der Waals surface area contributed by atoms with Crippen LogP contribution in [0, 0.1) is 5.82 Å². The Morgan fingerprint density at radius 2 is 1.88 bits per heavy atom. The molecule has 2 aromatic rings. The third-order valence-electron chi connectivity index (χ3n) is 5.38. The highest BCUT2D eigenvalue weighted by molar-refractivity contribution is 7.89. The van der Waals surface area contributed by atoms with Crippen molar-refractivity contribution in [1.29, 1.82) is 0 Å². The van der Waals surface area contributed by atoms with Crippen LogP contribution in [0.2, 0.25) is 5.02 Å². The highest BCUT2D eigenvalue weighted by Gasteiger charge is 2.28. The summed E-state index contributed by atoms with van der Waals surface area (Å²) in [6.45, 7) is 4.26. The number of sulfonamides is 1. The number of rotatable bonds is 8. The molecule has 0 radical (unpaired) electrons. The van der Waals surface area contributed by atoms with Gasteiger partial charge >= 0.3 is 0 Å². The van der Waals surface area contributed by atoms with Crippen LogP contribution in [0.1, 0.15) is 18.1 Å². The summed E-state index contributed by atoms with van der Waals surface area (Å²) in [5, 5.41) is 0.353. The monoisotopic (exact) mass is 511 g/mol. The highest BCUT2D eigenvalue weighted by atomic mass is 35.5. The van der Waals surface area contributed by atoms with Crippen molar-refractivity contribution >= 4 is 33.4 Å². The number of nitrogens with zero attached hydrogens (tertiary/aromatic N) is 2. The lowest BCUT2D eigenvalue weighted by Crippen LogP contribution is -2.54. The quantitative estimate of drug-likeness (QED) is 0.584. The summed E-state index contributed by atoms with van der Waals surface area (Å²) in [6, 6.07) is 10.9. The van der Waals surface area contributed by atoms with Crippen LogP contribution in [-0.2, 0) is 32.6 Å². The molecule has 1 aliphatic rings. The minimum absolute atomic E-state index is 0.0458. The molecule has 11 heteroatoms. The second-order valence-corrected chi connectivity index (χ2v) is 10.5. The van der Waals surface area contributed by atoms with Crippen LogP contribution < -0.4 is 9.46 Å². The Hall–Kier alpha value is -2.69. The van der Waals surface area contributed by atoms with Crippen molar-refractivity contribution in [2.45, 2.75) is 25.9 Å². The fourth-order valence-corrected chi connectivity index (χ4v) is 4.54. The minimum atomic E-state index is -3.69. The molecule has 1 saturated heterocycles. The fourth-order valence-electron chi connectivity index (χ4n) is 3.86. The molecule has 34 heavy (non-hydrogen) atoms. The summed E-state index contributed by atoms with van der Waals surface area (Å²) >= 11 is 6.01. The Bertz CT molecular complexity index is 1140. The number of carbonyl (C=O) groups excluding carboxylic acids is 2. The minimum Gasteiger partial charge on any atom is -0.483 e. The molecule has 0 saturated carbocycles. The van der Waals surface area contributed by atoms with E-state index in [4.69, 9.17) is 16.3 Å². The van der Waals surface area contributed by atoms with Crippen molar-refractivity contribution in [3.63, 3.8) is 0 Å². The third-order valence-corrected chi connectivity index (χ3v) is 6.21. The summed E-state index contributed by atoms with van der Waals surface area (Å²) < 4.78 is 43.3. The van der Waals surface area contributed by atoms with Gasteiger partial charge in [0.25, 0.3) is 5.91 Å². The molecule has 0 bridgehead atoms. The predicted molar refractivity (Wildman–Crippen MR) is 126 cm³/mol. The molecule has 184 valence electrons. The summed E-state index contributed by atoms with van der Waals surface area (Å²) in [7, 11) is -3.69. The maximum absolute atomic E-state index is 13.1. The van der Waals surface area contributed by atoms with Crippen LogP contribution in [-0.4, -0.2) is 68.6 Å². The van der Waals surface area contributed by atoms with Crippen LogP contribution in [0.15, 0.2) is 42.5 Å². The van der Waals surface area contributed by atoms with Crippen molar-refractivity contribution in [3.05, 3.63) is 64.4 Å². The lowest BCUT2D eigenvalue weighted by Gasteiger charge is -2.39. The van der Waals surface area contributed by atoms with E-state index in [2.05, 4.69) is 4.90 Å². The number of halogens is 2. The Labute approximate surface area is 203 Å². The SMILES string of the molecule is CC1CN(Cc2ccc(F)cc2)CCN1C(=O)COc1ccc(Cl)cc1CC(=O)NS(C)(=O)=O. The number of ether oxygens (including phenoxy) is 1. The van der Waals surface area contributed by atoms with Crippen molar-refractivity contribution in [1.82, 2.24) is 14.5 Å². The van der Waals surface area contributed by atoms with Gasteiger partial charge in [0.05, 0.1) is 12.7 Å². The van der Waals surface area contributed by atoms with Crippen LogP contribution in [0.5, 0.6) is 5.75 Å². The second kappa shape index (κ2) is 11.2. The molecule has 1 aliphatic heterocycles. The first-order chi connectivity index (χ1) is 16.0. The van der Waals surface area contributed by atoms with Gasteiger partial charge in [-0.15, -0.1) is 0 Å². The zero-order chi connectivity index (χ0) is 24.9. The highest BCUT2D eigenvalue weighted by Crippen LogP contribution is 2.24. The van der Waals surface area contributed by atoms with Gasteiger partial charge in [0.1, 0.15) is 11.6 Å². The van der Waals surface area contributed by atoms with Gasteiger partial charge < -0.3 is 9.64 Å². The third kappa shape index (κ3) is 7.68. The number of carbonyl (C=O) groups is 2. The summed E-state index contributed by atoms with van der Waals surface area (Å²) in [5.74, 6) is -0.918. The van der Waals surface area contributed by atoms with E-state index in [0.29, 0.717) is 36.8 Å². The number of piperazine rings is 1. The van der Waals surface area contributed by atoms with Gasteiger partial charge in [-0.3, -0.25) is 19.2 Å². The Morgan fingerprint density at radius 1 is 1.18 bits per heavy atom. The standard InChI is InChI=1S/C23H27ClFN3O5S/c1-16-13-27(14-17-3-6-20(25)7-4-17)9-10-28(16)23(30)15-33-21-8-5-19(24)11-18(21)12-22(29)26-34(2,31)32/h3-8,11,16H,9-10,12-15H2,1-2H3,(H,26,29). The Balaban J connectivity index is 1.56. The van der Waals surface area contributed by atoms with E-state index in [1.165, 1.54) is 18.2 Å². The first-order valence-electron chi connectivity index (χ1n) is 10.7. The molecule has 0 aliphatic carbocycles. The molecule has 2 amide bonds. The van der Waals surface area contributed by atoms with E-state index in [0.717, 1.165) is 11.8 Å². The Kier molecular flexibility index (Phi) is 8.51. The largest absolute Gasteiger partial charge is 0.483 e. The van der Waals surface area contributed by atoms with Crippen LogP contribution in [0.3, 0.4) is 0 Å². The lowest BCUT2D eigenvalue weighted by molar-refractivity contribution is -0.138. The molecule has 0 aromatic heterocycles. The summed E-state index contributed by atoms with van der Waals surface area (Å²) in [5.41, 5.74) is 1.38. The van der Waals surface area contributed by atoms with Crippen LogP contribution >= 0.6 is 11.6 Å². The van der Waals surface area contributed by atoms with Crippen molar-refractivity contribution < 1.29 is 27.1 Å². The van der Waals surface area contributed by atoms with Gasteiger partial charge in [0.2, 0.25) is 15.9 Å². The molecule has 1 fully saturated rings. The summed E-state index contributed by atoms with van der Waals surface area (Å²) in [4.78, 5) is 28.8. The lowest BCUT2D eigenvalue weighted by atomic mass is 10.1. The van der Waals surface area contributed by atoms with E-state index < -0.39 is 15.9 Å². The van der Waals surface area contributed by atoms with Crippen LogP contribution in [0.4, 0.5) is 4.39 Å². The molecular formula is C23H27ClFN3O5S. The molecule has 2 aromatic carbocycles. The normalized spacial score (nSPS) is 16.8. The van der Waals surface area contributed by atoms with E-state index >= 15 is 0 Å². The van der Waals surface area contributed by atoms with Crippen LogP contribution in [0.25, 0.3) is 0 Å². The smallest absolute Gasteiger partial charge is 0.260 e. The number of amides is 2. The average molecular weight is 512 g/mol. The van der Waals surface area contributed by atoms with E-state index in [-0.39, 0.29) is 36.5 Å². The zero-order valence-electron chi connectivity index (χ0n) is 19.0. The number of hydrogen-bond acceptors (Lipinski definition) is 6. The zero-order valence-corrected chi connectivity index (χ0v) is 20.5. The summed E-state index contributed by atoms with van der Waals surface area (Å²) in [6.07, 6.45) is 0.620. The van der Waals surface area contributed by atoms with Gasteiger partial charge in [-0.2, -0.15) is 0 Å². The van der Waals surface area contributed by atoms with E-state index in [1.807, 2.05) is 11.6 Å². The molecule has 1 unspecified atom stereocenters. The molecule has 1 heterocycles. The van der Waals surface area contributed by atoms with Gasteiger partial charge in [0, 0.05) is 42.8 Å². The topological polar surface area (TPSA) is 96.0 Å². The average Bonchev–Trinajstić information content (AvgIpc) is 2.73. The van der Waals surface area contributed by atoms with Crippen molar-refractivity contribution in [2.75, 3.05) is 32.5 Å². The molecular weight excluding hydrogens is 485 g/mol. The van der Waals surface area contributed by atoms with Gasteiger partial charge in [-0.25, -0.2) is 12.8 Å². The molecule has 1 atom stereocenters. The maximum atomic E-state index is 13.1. The molecule has 1 N–H and O–H groups in total. The number of benzene rings is 2. The first kappa shape index (κ1) is 25.9. The molecule has 3 rings (SSSR count). The number of nitrogens with one attached hydrogen (secondary N) is 1. The predicted octanol–water partition coefficient (Wildman–Crippen LogP) is 2.21. The van der Waals surface area contributed by atoms with E-state index in [9.17, 15) is 22.4 Å². The Morgan fingerprint density at radius 3 is 2.53 bits per heavy atom. The molecule has 0 spiro atoms. The van der Waals surface area contributed by atoms with Gasteiger partial charge in [0.15, 0.2) is 6.61 Å². The number of hydrogen-bond donors (Lipinski definition) is 1. The fraction of sp³-hybridized carbons (Fsp3) is 0.391. The second-order valence-electron chi connectivity index (χ2n) is 8.31. The first-order valence-corrected chi connectivity index (χ1v) is 13.0. The van der Waals surface area contributed by atoms with E-state index in [1.54, 1.807) is 29.2 Å².